The second-order valence-corrected chi connectivity index (χ2v) is 12.3. The molecule has 4 aliphatic carbocycles. The quantitative estimate of drug-likeness (QED) is 0.370. The molecule has 0 aromatic rings. The third-order valence-electron chi connectivity index (χ3n) is 10.8. The summed E-state index contributed by atoms with van der Waals surface area (Å²) in [4.78, 5) is 5.16. The molecule has 0 spiro atoms. The van der Waals surface area contributed by atoms with Crippen LogP contribution in [-0.2, 0) is 0 Å². The van der Waals surface area contributed by atoms with Crippen LogP contribution in [0.3, 0.4) is 0 Å². The smallest absolute Gasteiger partial charge is 0.0389 e. The lowest BCUT2D eigenvalue weighted by molar-refractivity contribution is -0.0417. The lowest BCUT2D eigenvalue weighted by Gasteiger charge is -2.58. The van der Waals surface area contributed by atoms with Crippen LogP contribution < -0.4 is 5.32 Å². The number of fused-ring (bicyclic) bond motifs is 5. The van der Waals surface area contributed by atoms with E-state index in [2.05, 4.69) is 38.7 Å². The fourth-order valence-corrected chi connectivity index (χ4v) is 9.04. The van der Waals surface area contributed by atoms with Crippen molar-refractivity contribution >= 4 is 5.71 Å². The van der Waals surface area contributed by atoms with Crippen LogP contribution >= 0.6 is 0 Å². The second kappa shape index (κ2) is 8.47. The predicted molar refractivity (Wildman–Crippen MR) is 133 cm³/mol. The Morgan fingerprint density at radius 3 is 2.77 bits per heavy atom. The minimum absolute atomic E-state index is 0.459. The number of aliphatic imine (C=N–C) groups is 1. The summed E-state index contributed by atoms with van der Waals surface area (Å²) in [5, 5.41) is 3.64. The molecule has 1 saturated heterocycles. The molecule has 0 bridgehead atoms. The normalized spacial score (nSPS) is 45.1. The molecule has 1 heterocycles. The van der Waals surface area contributed by atoms with Crippen molar-refractivity contribution < 1.29 is 0 Å². The maximum atomic E-state index is 5.16. The van der Waals surface area contributed by atoms with Crippen molar-refractivity contribution in [2.75, 3.05) is 13.1 Å². The van der Waals surface area contributed by atoms with Crippen molar-refractivity contribution in [1.82, 2.24) is 5.32 Å². The Morgan fingerprint density at radius 2 is 1.97 bits per heavy atom. The van der Waals surface area contributed by atoms with E-state index in [-0.39, 0.29) is 0 Å². The van der Waals surface area contributed by atoms with Crippen LogP contribution in [0.5, 0.6) is 0 Å². The summed E-state index contributed by atoms with van der Waals surface area (Å²) in [6.07, 6.45) is 18.8. The molecule has 1 N–H and O–H groups in total. The molecule has 7 atom stereocenters. The van der Waals surface area contributed by atoms with Crippen molar-refractivity contribution in [3.05, 3.63) is 23.8 Å². The maximum absolute atomic E-state index is 5.16. The number of hydrogen-bond donors (Lipinski definition) is 1. The standard InChI is InChI=1S/C29H46N2/c1-20-13-15-28(3)22(19-20)9-10-24-26-12-11-25(29(26,4)16-14-27(24)28)21(2)30-17-5-7-23-8-6-18-31-23/h19,23-27,31H,1,5-18H2,2-4H3. The molecule has 5 aliphatic rings. The Labute approximate surface area is 191 Å². The highest BCUT2D eigenvalue weighted by Crippen LogP contribution is 2.67. The van der Waals surface area contributed by atoms with E-state index in [0.717, 1.165) is 36.3 Å². The molecule has 1 aliphatic heterocycles. The molecule has 7 unspecified atom stereocenters. The topological polar surface area (TPSA) is 24.4 Å². The number of rotatable bonds is 5. The maximum Gasteiger partial charge on any atom is 0.0389 e. The van der Waals surface area contributed by atoms with Gasteiger partial charge in [-0.2, -0.15) is 0 Å². The average molecular weight is 423 g/mol. The summed E-state index contributed by atoms with van der Waals surface area (Å²) in [5.41, 5.74) is 5.57. The van der Waals surface area contributed by atoms with E-state index in [0.29, 0.717) is 10.8 Å². The summed E-state index contributed by atoms with van der Waals surface area (Å²) < 4.78 is 0. The van der Waals surface area contributed by atoms with Gasteiger partial charge in [-0.3, -0.25) is 4.99 Å². The zero-order chi connectivity index (χ0) is 21.6. The van der Waals surface area contributed by atoms with Gasteiger partial charge in [-0.15, -0.1) is 0 Å². The molecule has 0 radical (unpaired) electrons. The van der Waals surface area contributed by atoms with Crippen LogP contribution in [0.15, 0.2) is 28.8 Å². The molecule has 2 heteroatoms. The van der Waals surface area contributed by atoms with E-state index >= 15 is 0 Å². The van der Waals surface area contributed by atoms with Crippen molar-refractivity contribution in [3.63, 3.8) is 0 Å². The highest BCUT2D eigenvalue weighted by molar-refractivity contribution is 5.85. The van der Waals surface area contributed by atoms with Gasteiger partial charge in [-0.25, -0.2) is 0 Å². The van der Waals surface area contributed by atoms with Gasteiger partial charge in [0.15, 0.2) is 0 Å². The molecule has 3 saturated carbocycles. The Kier molecular flexibility index (Phi) is 5.99. The molecule has 2 nitrogen and oxygen atoms in total. The van der Waals surface area contributed by atoms with Crippen molar-refractivity contribution in [2.24, 2.45) is 39.5 Å². The average Bonchev–Trinajstić information content (AvgIpc) is 3.39. The van der Waals surface area contributed by atoms with Gasteiger partial charge in [0.2, 0.25) is 0 Å². The minimum Gasteiger partial charge on any atom is -0.314 e. The Balaban J connectivity index is 1.26. The van der Waals surface area contributed by atoms with Crippen molar-refractivity contribution in [1.29, 1.82) is 0 Å². The molecular weight excluding hydrogens is 376 g/mol. The van der Waals surface area contributed by atoms with Gasteiger partial charge in [0.05, 0.1) is 0 Å². The Hall–Kier alpha value is -0.890. The number of allylic oxidation sites excluding steroid dienone is 3. The second-order valence-electron chi connectivity index (χ2n) is 12.3. The van der Waals surface area contributed by atoms with Gasteiger partial charge < -0.3 is 5.32 Å². The van der Waals surface area contributed by atoms with Crippen LogP contribution in [0, 0.1) is 34.5 Å². The summed E-state index contributed by atoms with van der Waals surface area (Å²) in [6.45, 7) is 14.2. The van der Waals surface area contributed by atoms with Crippen LogP contribution in [-0.4, -0.2) is 24.8 Å². The van der Waals surface area contributed by atoms with Crippen molar-refractivity contribution in [2.45, 2.75) is 104 Å². The molecule has 0 amide bonds. The molecule has 0 aromatic heterocycles. The van der Waals surface area contributed by atoms with Crippen molar-refractivity contribution in [3.8, 4) is 0 Å². The van der Waals surface area contributed by atoms with Gasteiger partial charge in [-0.1, -0.05) is 37.6 Å². The highest BCUT2D eigenvalue weighted by atomic mass is 14.9. The highest BCUT2D eigenvalue weighted by Gasteiger charge is 2.59. The van der Waals surface area contributed by atoms with Crippen LogP contribution in [0.4, 0.5) is 0 Å². The number of nitrogens with zero attached hydrogens (tertiary/aromatic N) is 1. The minimum atomic E-state index is 0.459. The van der Waals surface area contributed by atoms with Gasteiger partial charge in [0.25, 0.3) is 0 Å². The van der Waals surface area contributed by atoms with Gasteiger partial charge >= 0.3 is 0 Å². The van der Waals surface area contributed by atoms with E-state index in [9.17, 15) is 0 Å². The van der Waals surface area contributed by atoms with Gasteiger partial charge in [0, 0.05) is 24.2 Å². The number of nitrogens with one attached hydrogen (secondary N) is 1. The fraction of sp³-hybridized carbons (Fsp3) is 0.828. The van der Waals surface area contributed by atoms with E-state index < -0.39 is 0 Å². The van der Waals surface area contributed by atoms with Crippen LogP contribution in [0.2, 0.25) is 0 Å². The third kappa shape index (κ3) is 3.79. The molecule has 5 rings (SSSR count). The lowest BCUT2D eigenvalue weighted by atomic mass is 9.46. The van der Waals surface area contributed by atoms with Gasteiger partial charge in [-0.05, 0) is 119 Å². The zero-order valence-electron chi connectivity index (χ0n) is 20.5. The molecule has 172 valence electrons. The lowest BCUT2D eigenvalue weighted by Crippen LogP contribution is -2.50. The summed E-state index contributed by atoms with van der Waals surface area (Å²) in [7, 11) is 0. The number of hydrogen-bond acceptors (Lipinski definition) is 2. The monoisotopic (exact) mass is 422 g/mol. The fourth-order valence-electron chi connectivity index (χ4n) is 9.04. The Morgan fingerprint density at radius 1 is 1.10 bits per heavy atom. The van der Waals surface area contributed by atoms with E-state index in [1.807, 2.05) is 0 Å². The first-order chi connectivity index (χ1) is 14.9. The first-order valence-electron chi connectivity index (χ1n) is 13.5. The summed E-state index contributed by atoms with van der Waals surface area (Å²) in [5.74, 6) is 3.51. The zero-order valence-corrected chi connectivity index (χ0v) is 20.5. The largest absolute Gasteiger partial charge is 0.314 e. The van der Waals surface area contributed by atoms with E-state index in [4.69, 9.17) is 4.99 Å². The van der Waals surface area contributed by atoms with Crippen LogP contribution in [0.25, 0.3) is 0 Å². The summed E-state index contributed by atoms with van der Waals surface area (Å²) >= 11 is 0. The molecule has 4 fully saturated rings. The first kappa shape index (κ1) is 21.9. The van der Waals surface area contributed by atoms with E-state index in [1.54, 1.807) is 5.57 Å². The van der Waals surface area contributed by atoms with E-state index in [1.165, 1.54) is 94.9 Å². The van der Waals surface area contributed by atoms with Gasteiger partial charge in [0.1, 0.15) is 0 Å². The Bertz CT molecular complexity index is 757. The molecule has 0 aromatic carbocycles. The third-order valence-corrected chi connectivity index (χ3v) is 10.8. The molecule has 31 heavy (non-hydrogen) atoms. The summed E-state index contributed by atoms with van der Waals surface area (Å²) in [6, 6.07) is 0.766. The van der Waals surface area contributed by atoms with Crippen LogP contribution in [0.1, 0.15) is 97.8 Å². The predicted octanol–water partition coefficient (Wildman–Crippen LogP) is 7.11. The first-order valence-corrected chi connectivity index (χ1v) is 13.5. The SMILES string of the molecule is C=C1C=C2CCC3C(CCC4(C)C(C(C)=NCCCC5CCCN5)CCC34)C2(C)CC1. The molecular formula is C29H46N2.